The molecule has 0 amide bonds. The molecule has 2 N–H and O–H groups in total. The van der Waals surface area contributed by atoms with Crippen molar-refractivity contribution in [3.05, 3.63) is 0 Å². The minimum Gasteiger partial charge on any atom is -0.481 e. The van der Waals surface area contributed by atoms with Crippen molar-refractivity contribution in [2.75, 3.05) is 13.1 Å². The number of carboxylic acids is 1. The number of nitrogens with zero attached hydrogens (tertiary/aromatic N) is 1. The second-order valence-corrected chi connectivity index (χ2v) is 6.24. The maximum atomic E-state index is 10.8. The summed E-state index contributed by atoms with van der Waals surface area (Å²) in [7, 11) is 0. The molecule has 2 fully saturated rings. The predicted molar refractivity (Wildman–Crippen MR) is 76.3 cm³/mol. The molecule has 110 valence electrons. The summed E-state index contributed by atoms with van der Waals surface area (Å²) in [6, 6.07) is 1.63. The van der Waals surface area contributed by atoms with E-state index in [1.165, 1.54) is 38.5 Å². The maximum absolute atomic E-state index is 10.8. The number of hydrogen-bond donors (Lipinski definition) is 2. The molecule has 0 bridgehead atoms. The van der Waals surface area contributed by atoms with Crippen LogP contribution >= 0.6 is 0 Å². The van der Waals surface area contributed by atoms with E-state index in [4.69, 9.17) is 5.11 Å². The van der Waals surface area contributed by atoms with Crippen LogP contribution in [0, 0.1) is 0 Å². The molecule has 2 rings (SSSR count). The summed E-state index contributed by atoms with van der Waals surface area (Å²) in [5.74, 6) is -0.667. The lowest BCUT2D eigenvalue weighted by molar-refractivity contribution is -0.137. The van der Waals surface area contributed by atoms with Gasteiger partial charge in [-0.1, -0.05) is 25.7 Å². The Hall–Kier alpha value is -0.610. The Labute approximate surface area is 116 Å². The number of carbonyl (C=O) groups is 1. The van der Waals surface area contributed by atoms with Crippen molar-refractivity contribution >= 4 is 5.97 Å². The molecule has 1 aliphatic heterocycles. The van der Waals surface area contributed by atoms with Crippen LogP contribution in [0.25, 0.3) is 0 Å². The summed E-state index contributed by atoms with van der Waals surface area (Å²) in [6.07, 6.45) is 9.11. The fraction of sp³-hybridized carbons (Fsp3) is 0.933. The van der Waals surface area contributed by atoms with Gasteiger partial charge in [0.2, 0.25) is 0 Å². The molecule has 4 nitrogen and oxygen atoms in total. The number of nitrogens with one attached hydrogen (secondary N) is 1. The fourth-order valence-electron chi connectivity index (χ4n) is 3.58. The molecular formula is C15H28N2O2. The van der Waals surface area contributed by atoms with Gasteiger partial charge in [-0.15, -0.1) is 0 Å². The van der Waals surface area contributed by atoms with Crippen LogP contribution < -0.4 is 5.32 Å². The molecule has 0 aromatic heterocycles. The first-order chi connectivity index (χ1) is 9.16. The minimum atomic E-state index is -0.667. The van der Waals surface area contributed by atoms with Crippen LogP contribution in [0.1, 0.15) is 58.3 Å². The quantitative estimate of drug-likeness (QED) is 0.768. The van der Waals surface area contributed by atoms with Gasteiger partial charge in [0.1, 0.15) is 0 Å². The van der Waals surface area contributed by atoms with Crippen LogP contribution in [0.5, 0.6) is 0 Å². The van der Waals surface area contributed by atoms with Crippen LogP contribution in [0.2, 0.25) is 0 Å². The van der Waals surface area contributed by atoms with Crippen molar-refractivity contribution in [1.29, 1.82) is 0 Å². The SMILES string of the molecule is CC1CN(C2CCCCCC2)C(CCC(=O)O)CN1. The first kappa shape index (κ1) is 14.8. The van der Waals surface area contributed by atoms with Gasteiger partial charge in [0.15, 0.2) is 0 Å². The minimum absolute atomic E-state index is 0.296. The Kier molecular flexibility index (Phi) is 5.64. The van der Waals surface area contributed by atoms with E-state index in [-0.39, 0.29) is 0 Å². The molecule has 19 heavy (non-hydrogen) atoms. The van der Waals surface area contributed by atoms with Crippen molar-refractivity contribution in [3.63, 3.8) is 0 Å². The predicted octanol–water partition coefficient (Wildman–Crippen LogP) is 2.24. The standard InChI is InChI=1S/C15H28N2O2/c1-12-11-17(13-6-4-2-3-5-7-13)14(10-16-12)8-9-15(18)19/h12-14,16H,2-11H2,1H3,(H,18,19). The summed E-state index contributed by atoms with van der Waals surface area (Å²) >= 11 is 0. The first-order valence-electron chi connectivity index (χ1n) is 7.87. The lowest BCUT2D eigenvalue weighted by Crippen LogP contribution is -2.58. The van der Waals surface area contributed by atoms with Crippen molar-refractivity contribution in [2.24, 2.45) is 0 Å². The molecule has 0 aromatic rings. The lowest BCUT2D eigenvalue weighted by atomic mass is 9.98. The number of carboxylic acid groups (broad SMARTS) is 1. The van der Waals surface area contributed by atoms with E-state index in [9.17, 15) is 4.79 Å². The van der Waals surface area contributed by atoms with Gasteiger partial charge in [0.25, 0.3) is 0 Å². The summed E-state index contributed by atoms with van der Waals surface area (Å²) in [4.78, 5) is 13.4. The Morgan fingerprint density at radius 2 is 1.95 bits per heavy atom. The highest BCUT2D eigenvalue weighted by atomic mass is 16.4. The Bertz CT molecular complexity index is 288. The highest BCUT2D eigenvalue weighted by Gasteiger charge is 2.31. The fourth-order valence-corrected chi connectivity index (χ4v) is 3.58. The Balaban J connectivity index is 1.96. The molecular weight excluding hydrogens is 240 g/mol. The van der Waals surface area contributed by atoms with Crippen LogP contribution in [0.4, 0.5) is 0 Å². The van der Waals surface area contributed by atoms with Gasteiger partial charge >= 0.3 is 5.97 Å². The molecule has 0 radical (unpaired) electrons. The van der Waals surface area contributed by atoms with E-state index in [0.29, 0.717) is 24.5 Å². The van der Waals surface area contributed by atoms with E-state index in [1.54, 1.807) is 0 Å². The zero-order valence-corrected chi connectivity index (χ0v) is 12.1. The third-order valence-corrected chi connectivity index (χ3v) is 4.64. The van der Waals surface area contributed by atoms with E-state index < -0.39 is 5.97 Å². The van der Waals surface area contributed by atoms with Gasteiger partial charge in [0.05, 0.1) is 0 Å². The molecule has 2 aliphatic rings. The van der Waals surface area contributed by atoms with Crippen LogP contribution in [0.3, 0.4) is 0 Å². The molecule has 1 heterocycles. The topological polar surface area (TPSA) is 52.6 Å². The van der Waals surface area contributed by atoms with Gasteiger partial charge in [0, 0.05) is 37.6 Å². The monoisotopic (exact) mass is 268 g/mol. The second kappa shape index (κ2) is 7.25. The summed E-state index contributed by atoms with van der Waals surface area (Å²) in [6.45, 7) is 4.26. The molecule has 1 saturated heterocycles. The number of piperazine rings is 1. The van der Waals surface area contributed by atoms with Gasteiger partial charge < -0.3 is 10.4 Å². The highest BCUT2D eigenvalue weighted by molar-refractivity contribution is 5.66. The van der Waals surface area contributed by atoms with Crippen LogP contribution in [-0.2, 0) is 4.79 Å². The van der Waals surface area contributed by atoms with Gasteiger partial charge in [-0.3, -0.25) is 9.69 Å². The largest absolute Gasteiger partial charge is 0.481 e. The summed E-state index contributed by atoms with van der Waals surface area (Å²) < 4.78 is 0. The van der Waals surface area contributed by atoms with Crippen molar-refractivity contribution < 1.29 is 9.90 Å². The van der Waals surface area contributed by atoms with Crippen molar-refractivity contribution in [2.45, 2.75) is 76.4 Å². The molecule has 1 aliphatic carbocycles. The molecule has 0 aromatic carbocycles. The second-order valence-electron chi connectivity index (χ2n) is 6.24. The third-order valence-electron chi connectivity index (χ3n) is 4.64. The van der Waals surface area contributed by atoms with Crippen molar-refractivity contribution in [3.8, 4) is 0 Å². The summed E-state index contributed by atoms with van der Waals surface area (Å²) in [5.41, 5.74) is 0. The molecule has 4 heteroatoms. The number of aliphatic carboxylic acids is 1. The van der Waals surface area contributed by atoms with E-state index >= 15 is 0 Å². The zero-order chi connectivity index (χ0) is 13.7. The van der Waals surface area contributed by atoms with Crippen LogP contribution in [0.15, 0.2) is 0 Å². The average Bonchev–Trinajstić information content (AvgIpc) is 2.65. The third kappa shape index (κ3) is 4.46. The average molecular weight is 268 g/mol. The van der Waals surface area contributed by atoms with E-state index in [2.05, 4.69) is 17.1 Å². The normalized spacial score (nSPS) is 31.0. The van der Waals surface area contributed by atoms with E-state index in [1.807, 2.05) is 0 Å². The van der Waals surface area contributed by atoms with E-state index in [0.717, 1.165) is 19.5 Å². The van der Waals surface area contributed by atoms with Gasteiger partial charge in [-0.25, -0.2) is 0 Å². The first-order valence-corrected chi connectivity index (χ1v) is 7.87. The van der Waals surface area contributed by atoms with Crippen LogP contribution in [-0.4, -0.2) is 47.2 Å². The number of hydrogen-bond acceptors (Lipinski definition) is 3. The number of rotatable bonds is 4. The summed E-state index contributed by atoms with van der Waals surface area (Å²) in [5, 5.41) is 12.4. The van der Waals surface area contributed by atoms with Crippen molar-refractivity contribution in [1.82, 2.24) is 10.2 Å². The molecule has 0 spiro atoms. The lowest BCUT2D eigenvalue weighted by Gasteiger charge is -2.44. The smallest absolute Gasteiger partial charge is 0.303 e. The molecule has 1 saturated carbocycles. The highest BCUT2D eigenvalue weighted by Crippen LogP contribution is 2.26. The molecule has 2 atom stereocenters. The Morgan fingerprint density at radius 3 is 2.58 bits per heavy atom. The van der Waals surface area contributed by atoms with Gasteiger partial charge in [-0.2, -0.15) is 0 Å². The molecule has 2 unspecified atom stereocenters. The zero-order valence-electron chi connectivity index (χ0n) is 12.1. The maximum Gasteiger partial charge on any atom is 0.303 e. The van der Waals surface area contributed by atoms with Gasteiger partial charge in [-0.05, 0) is 26.2 Å². The Morgan fingerprint density at radius 1 is 1.26 bits per heavy atom.